The Labute approximate surface area is 131 Å². The van der Waals surface area contributed by atoms with Crippen molar-refractivity contribution in [3.8, 4) is 22.6 Å². The second-order valence-corrected chi connectivity index (χ2v) is 4.98. The van der Waals surface area contributed by atoms with Crippen molar-refractivity contribution < 1.29 is 0 Å². The first-order valence-corrected chi connectivity index (χ1v) is 6.99. The van der Waals surface area contributed by atoms with Crippen LogP contribution in [0.15, 0.2) is 54.6 Å². The van der Waals surface area contributed by atoms with E-state index in [0.29, 0.717) is 0 Å². The molecule has 108 valence electrons. The van der Waals surface area contributed by atoms with E-state index < -0.39 is 0 Å². The van der Waals surface area contributed by atoms with Gasteiger partial charge in [0.1, 0.15) is 5.82 Å². The SMILES string of the molecule is CCc1ccc(-c2nc(-c3ccccc3)c(C)[nH]2)cc1.Cl. The third-order valence-corrected chi connectivity index (χ3v) is 3.57. The molecule has 0 saturated heterocycles. The Kier molecular flexibility index (Phi) is 4.81. The molecule has 0 radical (unpaired) electrons. The second kappa shape index (κ2) is 6.59. The zero-order chi connectivity index (χ0) is 13.9. The number of aromatic nitrogens is 2. The summed E-state index contributed by atoms with van der Waals surface area (Å²) in [7, 11) is 0. The summed E-state index contributed by atoms with van der Waals surface area (Å²) < 4.78 is 0. The predicted molar refractivity (Wildman–Crippen MR) is 90.8 cm³/mol. The van der Waals surface area contributed by atoms with Crippen LogP contribution >= 0.6 is 12.4 Å². The quantitative estimate of drug-likeness (QED) is 0.721. The Hall–Kier alpha value is -2.06. The van der Waals surface area contributed by atoms with Gasteiger partial charge in [-0.2, -0.15) is 0 Å². The molecule has 3 rings (SSSR count). The molecule has 1 N–H and O–H groups in total. The number of nitrogens with zero attached hydrogens (tertiary/aromatic N) is 1. The number of aryl methyl sites for hydroxylation is 2. The summed E-state index contributed by atoms with van der Waals surface area (Å²) in [5.74, 6) is 0.934. The van der Waals surface area contributed by atoms with Gasteiger partial charge in [-0.1, -0.05) is 61.5 Å². The molecule has 0 unspecified atom stereocenters. The molecule has 0 aliphatic rings. The van der Waals surface area contributed by atoms with Crippen LogP contribution in [0.2, 0.25) is 0 Å². The fourth-order valence-corrected chi connectivity index (χ4v) is 2.37. The standard InChI is InChI=1S/C18H18N2.ClH/c1-3-14-9-11-16(12-10-14)18-19-13(2)17(20-18)15-7-5-4-6-8-15;/h4-12H,3H2,1-2H3,(H,19,20);1H. The van der Waals surface area contributed by atoms with Crippen molar-refractivity contribution in [2.45, 2.75) is 20.3 Å². The number of nitrogens with one attached hydrogen (secondary N) is 1. The predicted octanol–water partition coefficient (Wildman–Crippen LogP) is 5.04. The molecule has 0 aliphatic carbocycles. The van der Waals surface area contributed by atoms with Gasteiger partial charge in [-0.3, -0.25) is 0 Å². The number of benzene rings is 2. The highest BCUT2D eigenvalue weighted by molar-refractivity contribution is 5.85. The fourth-order valence-electron chi connectivity index (χ4n) is 2.37. The first-order valence-electron chi connectivity index (χ1n) is 6.99. The number of rotatable bonds is 3. The first-order chi connectivity index (χ1) is 9.78. The highest BCUT2D eigenvalue weighted by atomic mass is 35.5. The van der Waals surface area contributed by atoms with Gasteiger partial charge in [0.15, 0.2) is 0 Å². The van der Waals surface area contributed by atoms with E-state index in [1.807, 2.05) is 18.2 Å². The summed E-state index contributed by atoms with van der Waals surface area (Å²) in [6, 6.07) is 18.9. The summed E-state index contributed by atoms with van der Waals surface area (Å²) in [5, 5.41) is 0. The van der Waals surface area contributed by atoms with E-state index in [0.717, 1.165) is 34.8 Å². The molecule has 0 aliphatic heterocycles. The van der Waals surface area contributed by atoms with Gasteiger partial charge in [0, 0.05) is 16.8 Å². The lowest BCUT2D eigenvalue weighted by Gasteiger charge is -1.99. The van der Waals surface area contributed by atoms with Crippen LogP contribution in [0.1, 0.15) is 18.2 Å². The molecule has 3 heteroatoms. The van der Waals surface area contributed by atoms with Crippen molar-refractivity contribution in [3.05, 3.63) is 65.9 Å². The monoisotopic (exact) mass is 298 g/mol. The summed E-state index contributed by atoms with van der Waals surface area (Å²) >= 11 is 0. The van der Waals surface area contributed by atoms with Crippen molar-refractivity contribution in [1.82, 2.24) is 9.97 Å². The fraction of sp³-hybridized carbons (Fsp3) is 0.167. The van der Waals surface area contributed by atoms with E-state index in [-0.39, 0.29) is 12.4 Å². The van der Waals surface area contributed by atoms with Crippen molar-refractivity contribution >= 4 is 12.4 Å². The molecule has 3 aromatic rings. The minimum Gasteiger partial charge on any atom is -0.342 e. The summed E-state index contributed by atoms with van der Waals surface area (Å²) in [6.07, 6.45) is 1.06. The lowest BCUT2D eigenvalue weighted by Crippen LogP contribution is -1.83. The molecule has 21 heavy (non-hydrogen) atoms. The molecule has 0 bridgehead atoms. The second-order valence-electron chi connectivity index (χ2n) is 4.98. The van der Waals surface area contributed by atoms with E-state index in [1.54, 1.807) is 0 Å². The van der Waals surface area contributed by atoms with Gasteiger partial charge in [0.2, 0.25) is 0 Å². The van der Waals surface area contributed by atoms with E-state index in [9.17, 15) is 0 Å². The van der Waals surface area contributed by atoms with Crippen molar-refractivity contribution in [1.29, 1.82) is 0 Å². The molecule has 0 fully saturated rings. The minimum absolute atomic E-state index is 0. The first kappa shape index (κ1) is 15.3. The van der Waals surface area contributed by atoms with Crippen LogP contribution in [0.4, 0.5) is 0 Å². The Bertz CT molecular complexity index is 700. The van der Waals surface area contributed by atoms with Gasteiger partial charge in [-0.25, -0.2) is 4.98 Å². The topological polar surface area (TPSA) is 28.7 Å². The van der Waals surface area contributed by atoms with Crippen LogP contribution < -0.4 is 0 Å². The molecule has 1 heterocycles. The molecule has 0 amide bonds. The molecule has 2 aromatic carbocycles. The van der Waals surface area contributed by atoms with E-state index >= 15 is 0 Å². The molecular formula is C18H19ClN2. The molecule has 0 spiro atoms. The molecule has 2 nitrogen and oxygen atoms in total. The molecule has 0 atom stereocenters. The van der Waals surface area contributed by atoms with Gasteiger partial charge >= 0.3 is 0 Å². The van der Waals surface area contributed by atoms with Crippen molar-refractivity contribution in [2.24, 2.45) is 0 Å². The van der Waals surface area contributed by atoms with Crippen LogP contribution in [0.3, 0.4) is 0 Å². The molecule has 0 saturated carbocycles. The maximum atomic E-state index is 4.75. The van der Waals surface area contributed by atoms with E-state index in [1.165, 1.54) is 5.56 Å². The number of H-pyrrole nitrogens is 1. The molecular weight excluding hydrogens is 280 g/mol. The summed E-state index contributed by atoms with van der Waals surface area (Å²) in [5.41, 5.74) is 5.76. The number of halogens is 1. The maximum absolute atomic E-state index is 4.75. The summed E-state index contributed by atoms with van der Waals surface area (Å²) in [4.78, 5) is 8.14. The van der Waals surface area contributed by atoms with Gasteiger partial charge in [-0.05, 0) is 18.9 Å². The zero-order valence-electron chi connectivity index (χ0n) is 12.3. The van der Waals surface area contributed by atoms with Crippen LogP contribution in [0, 0.1) is 6.92 Å². The highest BCUT2D eigenvalue weighted by Crippen LogP contribution is 2.25. The third-order valence-electron chi connectivity index (χ3n) is 3.57. The minimum atomic E-state index is 0. The zero-order valence-corrected chi connectivity index (χ0v) is 13.1. The summed E-state index contributed by atoms with van der Waals surface area (Å²) in [6.45, 7) is 4.23. The van der Waals surface area contributed by atoms with Crippen LogP contribution in [-0.2, 0) is 6.42 Å². The Balaban J connectivity index is 0.00000161. The maximum Gasteiger partial charge on any atom is 0.138 e. The number of hydrogen-bond donors (Lipinski definition) is 1. The third kappa shape index (κ3) is 3.17. The number of aromatic amines is 1. The van der Waals surface area contributed by atoms with Crippen LogP contribution in [0.25, 0.3) is 22.6 Å². The van der Waals surface area contributed by atoms with Crippen molar-refractivity contribution in [3.63, 3.8) is 0 Å². The van der Waals surface area contributed by atoms with E-state index in [4.69, 9.17) is 4.98 Å². The van der Waals surface area contributed by atoms with Crippen molar-refractivity contribution in [2.75, 3.05) is 0 Å². The van der Waals surface area contributed by atoms with Gasteiger partial charge in [0.05, 0.1) is 5.69 Å². The van der Waals surface area contributed by atoms with Crippen LogP contribution in [0.5, 0.6) is 0 Å². The largest absolute Gasteiger partial charge is 0.342 e. The average molecular weight is 299 g/mol. The smallest absolute Gasteiger partial charge is 0.138 e. The average Bonchev–Trinajstić information content (AvgIpc) is 2.90. The van der Waals surface area contributed by atoms with Gasteiger partial charge in [-0.15, -0.1) is 12.4 Å². The van der Waals surface area contributed by atoms with Crippen LogP contribution in [-0.4, -0.2) is 9.97 Å². The lowest BCUT2D eigenvalue weighted by atomic mass is 10.1. The Morgan fingerprint density at radius 3 is 2.19 bits per heavy atom. The number of imidazole rings is 1. The lowest BCUT2D eigenvalue weighted by molar-refractivity contribution is 1.14. The normalized spacial score (nSPS) is 10.2. The van der Waals surface area contributed by atoms with E-state index in [2.05, 4.69) is 55.2 Å². The van der Waals surface area contributed by atoms with Gasteiger partial charge in [0.25, 0.3) is 0 Å². The highest BCUT2D eigenvalue weighted by Gasteiger charge is 2.09. The molecule has 1 aromatic heterocycles. The van der Waals surface area contributed by atoms with Gasteiger partial charge < -0.3 is 4.98 Å². The Morgan fingerprint density at radius 2 is 1.57 bits per heavy atom. The number of hydrogen-bond acceptors (Lipinski definition) is 1. The Morgan fingerprint density at radius 1 is 0.905 bits per heavy atom.